The zero-order valence-corrected chi connectivity index (χ0v) is 21.0. The molecule has 0 radical (unpaired) electrons. The number of thiophene rings is 1. The molecule has 0 fully saturated rings. The van der Waals surface area contributed by atoms with E-state index in [1.807, 2.05) is 58.3 Å². The van der Waals surface area contributed by atoms with Crippen LogP contribution in [0.3, 0.4) is 0 Å². The van der Waals surface area contributed by atoms with Crippen molar-refractivity contribution in [3.8, 4) is 17.2 Å². The number of aliphatic imine (C=N–C) groups is 1. The standard InChI is InChI=1S/C16H18N4S.C8H10.C3H6O/c1-11(19-16(18)20(2)3)15-8-14(10-21-15)13-6-4-5-12(7-13)9-17;1-2-8-6-4-3-5-7-8;1-2-3-4/h4-8,10-11H,1-3H3,(H2,18,19);3-7H,2H2,1H3;3H,2H2,1H3. The number of carbonyl (C=O) groups excluding carboxylic acids is 1. The highest BCUT2D eigenvalue weighted by molar-refractivity contribution is 7.10. The van der Waals surface area contributed by atoms with Gasteiger partial charge in [0.05, 0.1) is 17.7 Å². The van der Waals surface area contributed by atoms with Crippen LogP contribution in [0.4, 0.5) is 0 Å². The largest absolute Gasteiger partial charge is 0.370 e. The second kappa shape index (κ2) is 15.4. The third-order valence-electron chi connectivity index (χ3n) is 4.56. The topological polar surface area (TPSA) is 82.5 Å². The summed E-state index contributed by atoms with van der Waals surface area (Å²) >= 11 is 1.66. The van der Waals surface area contributed by atoms with Gasteiger partial charge in [0.2, 0.25) is 0 Å². The van der Waals surface area contributed by atoms with Crippen molar-refractivity contribution in [3.63, 3.8) is 0 Å². The predicted molar refractivity (Wildman–Crippen MR) is 140 cm³/mol. The van der Waals surface area contributed by atoms with Crippen LogP contribution in [0.15, 0.2) is 71.0 Å². The molecule has 3 rings (SSSR count). The Hall–Kier alpha value is -3.43. The van der Waals surface area contributed by atoms with Crippen LogP contribution >= 0.6 is 11.3 Å². The van der Waals surface area contributed by atoms with Crippen LogP contribution in [-0.2, 0) is 11.2 Å². The van der Waals surface area contributed by atoms with Gasteiger partial charge >= 0.3 is 0 Å². The van der Waals surface area contributed by atoms with E-state index in [4.69, 9.17) is 11.0 Å². The number of aldehydes is 1. The molecule has 1 heterocycles. The monoisotopic (exact) mass is 462 g/mol. The van der Waals surface area contributed by atoms with E-state index in [-0.39, 0.29) is 6.04 Å². The molecule has 0 aliphatic rings. The van der Waals surface area contributed by atoms with Crippen molar-refractivity contribution in [2.45, 2.75) is 39.7 Å². The molecular formula is C27H34N4OS. The van der Waals surface area contributed by atoms with Crippen molar-refractivity contribution in [2.24, 2.45) is 10.7 Å². The summed E-state index contributed by atoms with van der Waals surface area (Å²) in [5.74, 6) is 0.518. The lowest BCUT2D eigenvalue weighted by molar-refractivity contribution is -0.107. The summed E-state index contributed by atoms with van der Waals surface area (Å²) < 4.78 is 0. The zero-order valence-electron chi connectivity index (χ0n) is 20.2. The van der Waals surface area contributed by atoms with Crippen LogP contribution in [0.1, 0.15) is 49.2 Å². The highest BCUT2D eigenvalue weighted by Crippen LogP contribution is 2.31. The van der Waals surface area contributed by atoms with Crippen molar-refractivity contribution in [1.82, 2.24) is 4.90 Å². The number of nitrogens with zero attached hydrogens (tertiary/aromatic N) is 3. The average Bonchev–Trinajstić information content (AvgIpc) is 3.35. The quantitative estimate of drug-likeness (QED) is 0.283. The summed E-state index contributed by atoms with van der Waals surface area (Å²) in [5, 5.41) is 11.1. The Morgan fingerprint density at radius 3 is 2.30 bits per heavy atom. The number of benzene rings is 2. The van der Waals surface area contributed by atoms with E-state index >= 15 is 0 Å². The zero-order chi connectivity index (χ0) is 24.6. The Balaban J connectivity index is 0.000000372. The maximum Gasteiger partial charge on any atom is 0.191 e. The SMILES string of the molecule is CC(N=C(N)N(C)C)c1cc(-c2cccc(C#N)c2)cs1.CCC=O.CCc1ccccc1. The Morgan fingerprint density at radius 2 is 1.79 bits per heavy atom. The molecule has 0 aliphatic carbocycles. The van der Waals surface area contributed by atoms with Gasteiger partial charge in [0.1, 0.15) is 6.29 Å². The molecule has 0 bridgehead atoms. The molecule has 1 atom stereocenters. The third kappa shape index (κ3) is 10.2. The minimum Gasteiger partial charge on any atom is -0.370 e. The first-order valence-corrected chi connectivity index (χ1v) is 11.8. The van der Waals surface area contributed by atoms with Crippen molar-refractivity contribution >= 4 is 23.6 Å². The molecule has 5 nitrogen and oxygen atoms in total. The second-order valence-electron chi connectivity index (χ2n) is 7.40. The van der Waals surface area contributed by atoms with E-state index in [1.165, 1.54) is 5.56 Å². The number of nitriles is 1. The highest BCUT2D eigenvalue weighted by Gasteiger charge is 2.10. The molecule has 33 heavy (non-hydrogen) atoms. The Kier molecular flexibility index (Phi) is 12.9. The summed E-state index contributed by atoms with van der Waals surface area (Å²) in [6.07, 6.45) is 2.65. The first kappa shape index (κ1) is 27.6. The lowest BCUT2D eigenvalue weighted by Crippen LogP contribution is -2.30. The van der Waals surface area contributed by atoms with Crippen LogP contribution in [0.5, 0.6) is 0 Å². The Bertz CT molecular complexity index is 1040. The molecule has 174 valence electrons. The molecule has 0 aliphatic heterocycles. The maximum absolute atomic E-state index is 9.17. The van der Waals surface area contributed by atoms with Gasteiger partial charge in [-0.3, -0.25) is 0 Å². The summed E-state index contributed by atoms with van der Waals surface area (Å²) in [7, 11) is 3.75. The van der Waals surface area contributed by atoms with Gasteiger partial charge in [-0.15, -0.1) is 11.3 Å². The van der Waals surface area contributed by atoms with Crippen LogP contribution in [0, 0.1) is 11.3 Å². The molecule has 0 amide bonds. The van der Waals surface area contributed by atoms with Crippen molar-refractivity contribution in [3.05, 3.63) is 82.0 Å². The molecule has 1 aromatic heterocycles. The fourth-order valence-electron chi connectivity index (χ4n) is 2.58. The summed E-state index contributed by atoms with van der Waals surface area (Å²) in [5.41, 5.74) is 10.1. The average molecular weight is 463 g/mol. The minimum atomic E-state index is 0.0188. The van der Waals surface area contributed by atoms with Crippen molar-refractivity contribution < 1.29 is 4.79 Å². The lowest BCUT2D eigenvalue weighted by atomic mass is 10.1. The Morgan fingerprint density at radius 1 is 1.12 bits per heavy atom. The molecule has 0 spiro atoms. The fraction of sp³-hybridized carbons (Fsp3) is 0.296. The Labute approximate surface area is 202 Å². The van der Waals surface area contributed by atoms with E-state index in [2.05, 4.69) is 53.7 Å². The molecular weight excluding hydrogens is 428 g/mol. The number of carbonyl (C=O) groups is 1. The summed E-state index contributed by atoms with van der Waals surface area (Å²) in [4.78, 5) is 16.6. The van der Waals surface area contributed by atoms with Gasteiger partial charge in [-0.05, 0) is 53.6 Å². The number of hydrogen-bond acceptors (Lipinski definition) is 4. The first-order valence-electron chi connectivity index (χ1n) is 10.9. The maximum atomic E-state index is 9.17. The summed E-state index contributed by atoms with van der Waals surface area (Å²) in [6, 6.07) is 22.4. The van der Waals surface area contributed by atoms with E-state index in [0.29, 0.717) is 17.9 Å². The smallest absolute Gasteiger partial charge is 0.191 e. The molecule has 3 aromatic rings. The first-order chi connectivity index (χ1) is 15.9. The normalized spacial score (nSPS) is 11.1. The number of nitrogens with two attached hydrogens (primary N) is 1. The van der Waals surface area contributed by atoms with Crippen molar-refractivity contribution in [2.75, 3.05) is 14.1 Å². The van der Waals surface area contributed by atoms with Crippen molar-refractivity contribution in [1.29, 1.82) is 5.26 Å². The van der Waals surface area contributed by atoms with E-state index in [9.17, 15) is 4.79 Å². The van der Waals surface area contributed by atoms with Gasteiger partial charge in [-0.25, -0.2) is 4.99 Å². The number of aryl methyl sites for hydroxylation is 1. The second-order valence-corrected chi connectivity index (χ2v) is 8.34. The van der Waals surface area contributed by atoms with E-state index in [0.717, 1.165) is 28.7 Å². The van der Waals surface area contributed by atoms with E-state index in [1.54, 1.807) is 16.2 Å². The third-order valence-corrected chi connectivity index (χ3v) is 5.66. The van der Waals surface area contributed by atoms with Gasteiger partial charge < -0.3 is 15.4 Å². The van der Waals surface area contributed by atoms with Gasteiger partial charge in [-0.1, -0.05) is 56.3 Å². The van der Waals surface area contributed by atoms with Crippen LogP contribution < -0.4 is 5.73 Å². The van der Waals surface area contributed by atoms with Crippen LogP contribution in [-0.4, -0.2) is 31.2 Å². The van der Waals surface area contributed by atoms with Gasteiger partial charge in [0.15, 0.2) is 5.96 Å². The van der Waals surface area contributed by atoms with Gasteiger partial charge in [-0.2, -0.15) is 5.26 Å². The minimum absolute atomic E-state index is 0.0188. The van der Waals surface area contributed by atoms with Gasteiger partial charge in [0, 0.05) is 25.4 Å². The fourth-order valence-corrected chi connectivity index (χ4v) is 3.49. The summed E-state index contributed by atoms with van der Waals surface area (Å²) in [6.45, 7) is 6.00. The highest BCUT2D eigenvalue weighted by atomic mass is 32.1. The molecule has 6 heteroatoms. The lowest BCUT2D eigenvalue weighted by Gasteiger charge is -2.13. The predicted octanol–water partition coefficient (Wildman–Crippen LogP) is 6.07. The molecule has 2 N–H and O–H groups in total. The molecule has 0 saturated carbocycles. The molecule has 0 saturated heterocycles. The number of rotatable bonds is 5. The van der Waals surface area contributed by atoms with E-state index < -0.39 is 0 Å². The van der Waals surface area contributed by atoms with Crippen LogP contribution in [0.25, 0.3) is 11.1 Å². The van der Waals surface area contributed by atoms with Gasteiger partial charge in [0.25, 0.3) is 0 Å². The number of hydrogen-bond donors (Lipinski definition) is 1. The molecule has 1 unspecified atom stereocenters. The molecule has 2 aromatic carbocycles. The number of guanidine groups is 1. The van der Waals surface area contributed by atoms with Crippen LogP contribution in [0.2, 0.25) is 0 Å².